The fourth-order valence-corrected chi connectivity index (χ4v) is 1.73. The minimum atomic E-state index is -1.86. The van der Waals surface area contributed by atoms with E-state index in [4.69, 9.17) is 62.3 Å². The van der Waals surface area contributed by atoms with E-state index in [1.165, 1.54) is 17.5 Å². The zero-order valence-corrected chi connectivity index (χ0v) is 96.1. The molecule has 0 aliphatic rings. The van der Waals surface area contributed by atoms with Gasteiger partial charge >= 0.3 is 357 Å². The predicted octanol–water partition coefficient (Wildman–Crippen LogP) is 18.7. The summed E-state index contributed by atoms with van der Waals surface area (Å²) in [5, 5.41) is 7.07. The van der Waals surface area contributed by atoms with Crippen molar-refractivity contribution in [1.82, 2.24) is 40.1 Å². The average molecular weight is 3860 g/mol. The van der Waals surface area contributed by atoms with E-state index in [-0.39, 0.29) is 30.7 Å². The molecule has 529 valence electrons. The second-order valence-electron chi connectivity index (χ2n) is 7.46. The average Bonchev–Trinajstić information content (AvgIpc) is 3.53. The van der Waals surface area contributed by atoms with Gasteiger partial charge in [0.2, 0.25) is 0 Å². The Hall–Kier alpha value is 6.47. The Morgan fingerprint density at radius 2 is 0.443 bits per heavy atom. The Morgan fingerprint density at radius 1 is 0.307 bits per heavy atom. The van der Waals surface area contributed by atoms with Gasteiger partial charge in [-0.05, 0) is 73.9 Å². The first-order chi connectivity index (χ1) is 41.3. The fourth-order valence-electron chi connectivity index (χ4n) is 1.73. The van der Waals surface area contributed by atoms with E-state index in [1.807, 2.05) is 57.2 Å². The number of aryl methyl sites for hydroxylation is 3. The number of carbonyl (C=O) groups excluding carboxylic acids is 13. The van der Waals surface area contributed by atoms with E-state index in [0.29, 0.717) is 0 Å². The third-order valence-electron chi connectivity index (χ3n) is 3.34. The Labute approximate surface area is 703 Å². The zero-order valence-electron chi connectivity index (χ0n) is 42.8. The van der Waals surface area contributed by atoms with Crippen molar-refractivity contribution >= 4 is 370 Å². The third kappa shape index (κ3) is 429. The van der Waals surface area contributed by atoms with Crippen molar-refractivity contribution in [3.63, 3.8) is 0 Å². The molecule has 21 nitrogen and oxygen atoms in total. The van der Waals surface area contributed by atoms with Crippen molar-refractivity contribution in [3.8, 4) is 0 Å². The van der Waals surface area contributed by atoms with Crippen molar-refractivity contribution in [2.75, 3.05) is 0 Å². The number of halogens is 21. The van der Waals surface area contributed by atoms with Crippen LogP contribution in [0, 0.1) is 20.8 Å². The van der Waals surface area contributed by atoms with Crippen LogP contribution in [0.1, 0.15) is 16.7 Å². The molecule has 0 N–H and O–H groups in total. The summed E-state index contributed by atoms with van der Waals surface area (Å²) < 4.78 is 0. The number of hydrogen-bond acceptors (Lipinski definition) is 21. The normalized spacial score (nSPS) is 7.39. The molecule has 0 atom stereocenters. The van der Waals surface area contributed by atoms with Crippen LogP contribution in [-0.4, -0.2) is 128 Å². The second-order valence-corrected chi connectivity index (χ2v) is 269. The van der Waals surface area contributed by atoms with Crippen molar-refractivity contribution in [1.29, 1.82) is 0 Å². The first-order valence-electron chi connectivity index (χ1n) is 16.1. The van der Waals surface area contributed by atoms with Gasteiger partial charge in [0.1, 0.15) is 6.33 Å². The molecule has 0 spiro atoms. The molecule has 0 bridgehead atoms. The van der Waals surface area contributed by atoms with Gasteiger partial charge in [0.05, 0.1) is 0 Å². The Kier molecular flexibility index (Phi) is 334. The quantitative estimate of drug-likeness (QED) is 0.103. The van der Waals surface area contributed by atoms with Crippen LogP contribution in [0.3, 0.4) is 0 Å². The van der Waals surface area contributed by atoms with Gasteiger partial charge in [-0.3, -0.25) is 108 Å². The number of hydrogen-bond donors (Lipinski definition) is 0. The molecular weight excluding hydrogens is 3820 g/mol. The fraction of sp³-hybridized carbons (Fsp3) is 0.0789. The number of aromatic nitrogens is 8. The van der Waals surface area contributed by atoms with Crippen LogP contribution >= 0.6 is 282 Å². The molecule has 0 saturated carbocycles. The number of rotatable bonds is 0. The van der Waals surface area contributed by atoms with Crippen LogP contribution in [0.25, 0.3) is 0 Å². The summed E-state index contributed by atoms with van der Waals surface area (Å²) in [5.41, 5.74) is 3.62. The largest absolute Gasteiger partial charge is 0.545 e. The summed E-state index contributed by atoms with van der Waals surface area (Å²) in [4.78, 5) is 123. The maximum Gasteiger partial charge on any atom is 0.0496 e. The molecule has 5 aromatic heterocycles. The summed E-state index contributed by atoms with van der Waals surface area (Å²) in [7, 11) is -6.99. The van der Waals surface area contributed by atoms with Gasteiger partial charge in [-0.25, -0.2) is 9.97 Å². The van der Waals surface area contributed by atoms with Crippen molar-refractivity contribution in [3.05, 3.63) is 134 Å². The SMILES string of the molecule is Cc1ccncc1.Cc1ccncc1.Cc1cncnc1.[Br][Re]([Br])([Br])[Br].[Br][Re]([Br])[Br].[Br][Re]([Br])[Br].[Br][Re]([Br])[Br].[Br][Re]([Br])[Br].[Br][Re]([Br])[Br].[Br][Re][Br].[CH-]=O.[CH-]=O.[CH-]=O.[CH-]=O.[CH-]=O.[CH-]=O.[CH-]=O.[CH-]=O.[CH-]=O.[CH-]=O.[CH-]=O.[CH-]=O.[CH-]=O.[Co].c1ccnnc1.c1cnccn1. The van der Waals surface area contributed by atoms with Crippen LogP contribution in [0.2, 0.25) is 0 Å². The molecule has 0 fully saturated rings. The Morgan fingerprint density at radius 3 is 0.511 bits per heavy atom. The molecule has 1 radical (unpaired) electrons. The molecule has 5 heterocycles. The minimum absolute atomic E-state index is 0. The standard InChI is InChI=1S/2C6H7N.C5H6N2.2C4H4N2.13CHO.21BrH.Co.7Re/c2*1-6-2-4-7-5-3-6;1-5-2-6-4-7-3-5;1-2-6-4-3-5-1;1-2-4-6-5-3-1;13*1-2;;;;;;;;;;;;;;;;;;;;;;;;;;;;;/h2*2-5H,1H3;2-4H,1H3;2*1-4H;13*1H;21*1H;;;;;;;;/q;;;;;13*-1;;;;;;;;;;;;;;;;;;;;;;;+2;5*+3;+4/p-21. The molecule has 0 saturated heterocycles. The molecule has 88 heavy (non-hydrogen) atoms. The molecule has 0 unspecified atom stereocenters. The van der Waals surface area contributed by atoms with E-state index in [9.17, 15) is 0 Å². The molecule has 5 aromatic rings. The van der Waals surface area contributed by atoms with Crippen molar-refractivity contribution in [2.45, 2.75) is 20.8 Å². The van der Waals surface area contributed by atoms with Gasteiger partial charge in [0.15, 0.2) is 0 Å². The summed E-state index contributed by atoms with van der Waals surface area (Å²) in [6, 6.07) is 11.5. The minimum Gasteiger partial charge on any atom is -0.545 e. The maximum atomic E-state index is 7.75. The van der Waals surface area contributed by atoms with Crippen LogP contribution in [0.4, 0.5) is 0 Å². The molecule has 0 aromatic carbocycles. The van der Waals surface area contributed by atoms with Gasteiger partial charge in [-0.15, -0.1) is 0 Å². The van der Waals surface area contributed by atoms with Gasteiger partial charge < -0.3 is 62.3 Å². The molecular formula is C38H41Br21CoN8O13Re7-13. The van der Waals surface area contributed by atoms with E-state index in [1.54, 1.807) is 74.4 Å². The zero-order chi connectivity index (χ0) is 74.9. The van der Waals surface area contributed by atoms with E-state index < -0.39 is 61.0 Å². The van der Waals surface area contributed by atoms with Gasteiger partial charge in [-0.2, -0.15) is 10.2 Å². The van der Waals surface area contributed by atoms with Crippen LogP contribution in [0.5, 0.6) is 0 Å². The maximum absolute atomic E-state index is 7.75. The van der Waals surface area contributed by atoms with Crippen molar-refractivity contribution < 1.29 is 154 Å². The van der Waals surface area contributed by atoms with Crippen LogP contribution in [-0.2, 0) is 154 Å². The first kappa shape index (κ1) is 153. The van der Waals surface area contributed by atoms with Gasteiger partial charge in [0, 0.05) is 91.1 Å². The summed E-state index contributed by atoms with van der Waals surface area (Å²) in [6.07, 6.45) is 22.0. The van der Waals surface area contributed by atoms with Crippen LogP contribution < -0.4 is 0 Å². The summed E-state index contributed by atoms with van der Waals surface area (Å²) in [5.74, 6) is 0. The molecule has 50 heteroatoms. The molecule has 0 aliphatic heterocycles. The first-order valence-corrected chi connectivity index (χ1v) is 141. The molecule has 0 amide bonds. The van der Waals surface area contributed by atoms with E-state index in [0.717, 1.165) is 5.56 Å². The van der Waals surface area contributed by atoms with Gasteiger partial charge in [0.25, 0.3) is 0 Å². The smallest absolute Gasteiger partial charge is 0.0496 e. The van der Waals surface area contributed by atoms with Gasteiger partial charge in [-0.1, -0.05) is 0 Å². The van der Waals surface area contributed by atoms with E-state index >= 15 is 0 Å². The van der Waals surface area contributed by atoms with Crippen molar-refractivity contribution in [2.24, 2.45) is 0 Å². The second kappa shape index (κ2) is 192. The van der Waals surface area contributed by atoms with E-state index in [2.05, 4.69) is 410 Å². The number of pyridine rings is 2. The predicted molar refractivity (Wildman–Crippen MR) is 404 cm³/mol. The molecule has 0 aliphatic carbocycles. The Balaban J connectivity index is -0.0000000285. The molecule has 5 rings (SSSR count). The Bertz CT molecular complexity index is 1450. The summed E-state index contributed by atoms with van der Waals surface area (Å²) in [6.45, 7) is 48.3. The number of nitrogens with zero attached hydrogens (tertiary/aromatic N) is 8. The third-order valence-corrected chi connectivity index (χ3v) is 3.34. The monoisotopic (exact) mass is 3840 g/mol. The topological polar surface area (TPSA) is 325 Å². The summed E-state index contributed by atoms with van der Waals surface area (Å²) >= 11 is 69.0. The van der Waals surface area contributed by atoms with Crippen LogP contribution in [0.15, 0.2) is 117 Å².